The van der Waals surface area contributed by atoms with Gasteiger partial charge in [0.05, 0.1) is 10.9 Å². The molecule has 1 N–H and O–H groups in total. The average molecular weight is 272 g/mol. The van der Waals surface area contributed by atoms with Crippen LogP contribution in [0.3, 0.4) is 0 Å². The molecule has 0 bridgehead atoms. The van der Waals surface area contributed by atoms with E-state index < -0.39 is 5.82 Å². The lowest BCUT2D eigenvalue weighted by molar-refractivity contribution is 0.0698. The maximum absolute atomic E-state index is 13.1. The molecule has 1 saturated heterocycles. The Labute approximate surface area is 110 Å². The van der Waals surface area contributed by atoms with Gasteiger partial charge in [-0.3, -0.25) is 4.79 Å². The molecule has 0 saturated carbocycles. The van der Waals surface area contributed by atoms with E-state index in [1.807, 2.05) is 6.92 Å². The van der Waals surface area contributed by atoms with Crippen LogP contribution >= 0.6 is 11.6 Å². The van der Waals surface area contributed by atoms with Crippen LogP contribution in [0.1, 0.15) is 23.7 Å². The molecule has 3 nitrogen and oxygen atoms in total. The standard InChI is InChI=1S/C13H15ClFNO2/c1-8-4-5-16(7-11(8)14)13(18)10-6-9(15)2-3-12(10)17/h2-3,6,8,11,17H,4-5,7H2,1H3. The third-order valence-corrected chi connectivity index (χ3v) is 3.91. The molecule has 0 aliphatic carbocycles. The molecule has 5 heteroatoms. The Bertz CT molecular complexity index is 466. The van der Waals surface area contributed by atoms with Crippen molar-refractivity contribution in [1.82, 2.24) is 4.90 Å². The number of carbonyl (C=O) groups is 1. The van der Waals surface area contributed by atoms with Crippen molar-refractivity contribution in [2.24, 2.45) is 5.92 Å². The lowest BCUT2D eigenvalue weighted by Crippen LogP contribution is -2.43. The van der Waals surface area contributed by atoms with Gasteiger partial charge in [-0.15, -0.1) is 11.6 Å². The van der Waals surface area contributed by atoms with Crippen LogP contribution in [0.4, 0.5) is 4.39 Å². The minimum atomic E-state index is -0.538. The van der Waals surface area contributed by atoms with Crippen LogP contribution in [0.5, 0.6) is 5.75 Å². The fourth-order valence-corrected chi connectivity index (χ4v) is 2.35. The number of amides is 1. The van der Waals surface area contributed by atoms with E-state index in [-0.39, 0.29) is 22.6 Å². The summed E-state index contributed by atoms with van der Waals surface area (Å²) >= 11 is 6.13. The Morgan fingerprint density at radius 3 is 2.94 bits per heavy atom. The zero-order valence-electron chi connectivity index (χ0n) is 10.1. The topological polar surface area (TPSA) is 40.5 Å². The van der Waals surface area contributed by atoms with Crippen LogP contribution in [0, 0.1) is 11.7 Å². The summed E-state index contributed by atoms with van der Waals surface area (Å²) in [4.78, 5) is 13.7. The molecule has 1 aromatic carbocycles. The summed E-state index contributed by atoms with van der Waals surface area (Å²) in [6.07, 6.45) is 0.815. The maximum atomic E-state index is 13.1. The quantitative estimate of drug-likeness (QED) is 0.798. The van der Waals surface area contributed by atoms with E-state index in [0.29, 0.717) is 19.0 Å². The van der Waals surface area contributed by atoms with Gasteiger partial charge in [0.15, 0.2) is 0 Å². The number of carbonyl (C=O) groups excluding carboxylic acids is 1. The largest absolute Gasteiger partial charge is 0.507 e. The summed E-state index contributed by atoms with van der Waals surface area (Å²) in [7, 11) is 0. The fourth-order valence-electron chi connectivity index (χ4n) is 2.06. The van der Waals surface area contributed by atoms with Gasteiger partial charge in [0.2, 0.25) is 0 Å². The second-order valence-corrected chi connectivity index (χ2v) is 5.26. The Morgan fingerprint density at radius 2 is 2.28 bits per heavy atom. The molecule has 1 fully saturated rings. The van der Waals surface area contributed by atoms with Crippen molar-refractivity contribution < 1.29 is 14.3 Å². The van der Waals surface area contributed by atoms with E-state index in [9.17, 15) is 14.3 Å². The summed E-state index contributed by atoms with van der Waals surface area (Å²) in [6.45, 7) is 3.05. The highest BCUT2D eigenvalue weighted by molar-refractivity contribution is 6.21. The lowest BCUT2D eigenvalue weighted by Gasteiger charge is -2.34. The Kier molecular flexibility index (Phi) is 3.76. The van der Waals surface area contributed by atoms with Crippen LogP contribution in [0.25, 0.3) is 0 Å². The van der Waals surface area contributed by atoms with Gasteiger partial charge in [0, 0.05) is 13.1 Å². The predicted molar refractivity (Wildman–Crippen MR) is 67.4 cm³/mol. The van der Waals surface area contributed by atoms with Gasteiger partial charge in [0.1, 0.15) is 11.6 Å². The number of nitrogens with zero attached hydrogens (tertiary/aromatic N) is 1. The van der Waals surface area contributed by atoms with E-state index >= 15 is 0 Å². The van der Waals surface area contributed by atoms with Crippen molar-refractivity contribution in [1.29, 1.82) is 0 Å². The molecule has 98 valence electrons. The van der Waals surface area contributed by atoms with E-state index in [0.717, 1.165) is 18.6 Å². The van der Waals surface area contributed by atoms with Gasteiger partial charge in [-0.25, -0.2) is 4.39 Å². The minimum Gasteiger partial charge on any atom is -0.507 e. The van der Waals surface area contributed by atoms with E-state index in [1.54, 1.807) is 4.90 Å². The highest BCUT2D eigenvalue weighted by Crippen LogP contribution is 2.25. The average Bonchev–Trinajstić information content (AvgIpc) is 2.35. The molecule has 1 aromatic rings. The number of aromatic hydroxyl groups is 1. The highest BCUT2D eigenvalue weighted by atomic mass is 35.5. The molecule has 1 amide bonds. The van der Waals surface area contributed by atoms with Gasteiger partial charge >= 0.3 is 0 Å². The third-order valence-electron chi connectivity index (χ3n) is 3.34. The normalized spacial score (nSPS) is 24.1. The zero-order valence-corrected chi connectivity index (χ0v) is 10.8. The van der Waals surface area contributed by atoms with Gasteiger partial charge < -0.3 is 10.0 Å². The number of piperidine rings is 1. The summed E-state index contributed by atoms with van der Waals surface area (Å²) in [5.41, 5.74) is -0.00609. The maximum Gasteiger partial charge on any atom is 0.257 e. The first kappa shape index (κ1) is 13.1. The monoisotopic (exact) mass is 271 g/mol. The molecule has 1 aliphatic heterocycles. The van der Waals surface area contributed by atoms with Crippen LogP contribution in [0.15, 0.2) is 18.2 Å². The van der Waals surface area contributed by atoms with Crippen molar-refractivity contribution in [3.05, 3.63) is 29.6 Å². The second kappa shape index (κ2) is 5.14. The molecule has 2 unspecified atom stereocenters. The minimum absolute atomic E-state index is 0.00609. The fraction of sp³-hybridized carbons (Fsp3) is 0.462. The van der Waals surface area contributed by atoms with Crippen LogP contribution < -0.4 is 0 Å². The summed E-state index contributed by atoms with van der Waals surface area (Å²) in [5.74, 6) is -0.753. The number of phenols is 1. The molecule has 0 spiro atoms. The number of hydrogen-bond acceptors (Lipinski definition) is 2. The molecular formula is C13H15ClFNO2. The Balaban J connectivity index is 2.19. The predicted octanol–water partition coefficient (Wildman–Crippen LogP) is 2.62. The van der Waals surface area contributed by atoms with Crippen molar-refractivity contribution in [3.8, 4) is 5.75 Å². The molecule has 0 radical (unpaired) electrons. The number of benzene rings is 1. The first-order valence-electron chi connectivity index (χ1n) is 5.91. The second-order valence-electron chi connectivity index (χ2n) is 4.69. The molecule has 2 atom stereocenters. The first-order valence-corrected chi connectivity index (χ1v) is 6.34. The number of halogens is 2. The van der Waals surface area contributed by atoms with E-state index in [4.69, 9.17) is 11.6 Å². The molecule has 1 aliphatic rings. The zero-order chi connectivity index (χ0) is 13.3. The first-order chi connectivity index (χ1) is 8.49. The van der Waals surface area contributed by atoms with Crippen molar-refractivity contribution in [2.75, 3.05) is 13.1 Å². The highest BCUT2D eigenvalue weighted by Gasteiger charge is 2.29. The number of phenolic OH excluding ortho intramolecular Hbond substituents is 1. The van der Waals surface area contributed by atoms with Gasteiger partial charge in [0.25, 0.3) is 5.91 Å². The number of likely N-dealkylation sites (tertiary alicyclic amines) is 1. The number of hydrogen-bond donors (Lipinski definition) is 1. The van der Waals surface area contributed by atoms with Crippen LogP contribution in [0.2, 0.25) is 0 Å². The third kappa shape index (κ3) is 2.58. The van der Waals surface area contributed by atoms with E-state index in [2.05, 4.69) is 0 Å². The Hall–Kier alpha value is -1.29. The summed E-state index contributed by atoms with van der Waals surface area (Å²) in [5, 5.41) is 9.51. The Morgan fingerprint density at radius 1 is 1.56 bits per heavy atom. The molecule has 1 heterocycles. The smallest absolute Gasteiger partial charge is 0.257 e. The lowest BCUT2D eigenvalue weighted by atomic mass is 9.98. The summed E-state index contributed by atoms with van der Waals surface area (Å²) < 4.78 is 13.1. The van der Waals surface area contributed by atoms with Crippen LogP contribution in [-0.2, 0) is 0 Å². The molecule has 18 heavy (non-hydrogen) atoms. The van der Waals surface area contributed by atoms with E-state index in [1.165, 1.54) is 6.07 Å². The van der Waals surface area contributed by atoms with Gasteiger partial charge in [-0.1, -0.05) is 6.92 Å². The van der Waals surface area contributed by atoms with Gasteiger partial charge in [-0.2, -0.15) is 0 Å². The van der Waals surface area contributed by atoms with Crippen molar-refractivity contribution in [2.45, 2.75) is 18.7 Å². The number of alkyl halides is 1. The van der Waals surface area contributed by atoms with Gasteiger partial charge in [-0.05, 0) is 30.5 Å². The number of rotatable bonds is 1. The summed E-state index contributed by atoms with van der Waals surface area (Å²) in [6, 6.07) is 3.36. The SMILES string of the molecule is CC1CCN(C(=O)c2cc(F)ccc2O)CC1Cl. The molecule has 2 rings (SSSR count). The van der Waals surface area contributed by atoms with Crippen LogP contribution in [-0.4, -0.2) is 34.4 Å². The van der Waals surface area contributed by atoms with Crippen molar-refractivity contribution >= 4 is 17.5 Å². The molecule has 0 aromatic heterocycles. The molecular weight excluding hydrogens is 257 g/mol. The van der Waals surface area contributed by atoms with Crippen molar-refractivity contribution in [3.63, 3.8) is 0 Å².